The number of nitrogens with zero attached hydrogens (tertiary/aromatic N) is 2. The number of ether oxygens (including phenoxy) is 2. The molecule has 4 aromatic rings. The molecule has 6 nitrogen and oxygen atoms in total. The van der Waals surface area contributed by atoms with E-state index in [4.69, 9.17) is 9.47 Å². The molecular weight excluding hydrogens is 378 g/mol. The molecular formula is C24H23N3O3. The van der Waals surface area contributed by atoms with E-state index >= 15 is 0 Å². The fourth-order valence-corrected chi connectivity index (χ4v) is 3.30. The molecule has 152 valence electrons. The minimum Gasteiger partial charge on any atom is -0.490 e. The van der Waals surface area contributed by atoms with Crippen LogP contribution in [-0.2, 0) is 6.42 Å². The number of carbonyl (C=O) groups excluding carboxylic acids is 1. The molecule has 0 aliphatic heterocycles. The highest BCUT2D eigenvalue weighted by atomic mass is 16.5. The lowest BCUT2D eigenvalue weighted by molar-refractivity contribution is 0.102. The Hall–Kier alpha value is -3.80. The molecule has 0 bridgehead atoms. The molecule has 1 amide bonds. The molecule has 2 aromatic heterocycles. The van der Waals surface area contributed by atoms with Crippen LogP contribution in [-0.4, -0.2) is 21.9 Å². The van der Waals surface area contributed by atoms with Crippen molar-refractivity contribution < 1.29 is 14.3 Å². The number of anilines is 1. The minimum absolute atomic E-state index is 0.253. The molecule has 0 aliphatic carbocycles. The van der Waals surface area contributed by atoms with Gasteiger partial charge in [0.25, 0.3) is 5.91 Å². The SMILES string of the molecule is CCOc1cccn2c(C(=O)Nc3ccccc3Oc3ccccc3)c(CC)nc12. The molecule has 0 aliphatic rings. The van der Waals surface area contributed by atoms with Crippen LogP contribution in [0, 0.1) is 0 Å². The van der Waals surface area contributed by atoms with Gasteiger partial charge in [0.1, 0.15) is 11.4 Å². The van der Waals surface area contributed by atoms with E-state index < -0.39 is 0 Å². The Morgan fingerprint density at radius 3 is 2.47 bits per heavy atom. The molecule has 2 aromatic carbocycles. The summed E-state index contributed by atoms with van der Waals surface area (Å²) in [6.07, 6.45) is 2.45. The van der Waals surface area contributed by atoms with Crippen LogP contribution in [0.25, 0.3) is 5.65 Å². The molecule has 0 spiro atoms. The third-order valence-electron chi connectivity index (χ3n) is 4.64. The van der Waals surface area contributed by atoms with E-state index in [2.05, 4.69) is 10.3 Å². The second-order valence-electron chi connectivity index (χ2n) is 6.63. The monoisotopic (exact) mass is 401 g/mol. The van der Waals surface area contributed by atoms with E-state index in [0.717, 1.165) is 0 Å². The zero-order chi connectivity index (χ0) is 20.9. The molecule has 0 saturated carbocycles. The number of hydrogen-bond donors (Lipinski definition) is 1. The van der Waals surface area contributed by atoms with Crippen LogP contribution >= 0.6 is 0 Å². The van der Waals surface area contributed by atoms with Crippen molar-refractivity contribution in [3.05, 3.63) is 84.3 Å². The first-order chi connectivity index (χ1) is 14.7. The number of nitrogens with one attached hydrogen (secondary N) is 1. The standard InChI is InChI=1S/C24H23N3O3/c1-3-18-22(27-16-10-15-21(29-4-2)23(27)25-18)24(28)26-19-13-8-9-14-20(19)30-17-11-6-5-7-12-17/h5-16H,3-4H2,1-2H3,(H,26,28). The van der Waals surface area contributed by atoms with Gasteiger partial charge in [0.2, 0.25) is 0 Å². The molecule has 30 heavy (non-hydrogen) atoms. The third kappa shape index (κ3) is 3.85. The maximum absolute atomic E-state index is 13.3. The van der Waals surface area contributed by atoms with E-state index in [0.29, 0.717) is 53.0 Å². The number of aromatic nitrogens is 2. The van der Waals surface area contributed by atoms with E-state index in [1.165, 1.54) is 0 Å². The van der Waals surface area contributed by atoms with Crippen LogP contribution in [0.2, 0.25) is 0 Å². The molecule has 2 heterocycles. The van der Waals surface area contributed by atoms with Crippen LogP contribution in [0.4, 0.5) is 5.69 Å². The van der Waals surface area contributed by atoms with Gasteiger partial charge in [-0.25, -0.2) is 4.98 Å². The van der Waals surface area contributed by atoms with Gasteiger partial charge in [-0.3, -0.25) is 9.20 Å². The van der Waals surface area contributed by atoms with Gasteiger partial charge in [-0.2, -0.15) is 0 Å². The number of fused-ring (bicyclic) bond motifs is 1. The normalized spacial score (nSPS) is 10.7. The van der Waals surface area contributed by atoms with Gasteiger partial charge in [0.15, 0.2) is 17.1 Å². The summed E-state index contributed by atoms with van der Waals surface area (Å²) in [6, 6.07) is 20.5. The van der Waals surface area contributed by atoms with Crippen molar-refractivity contribution in [2.24, 2.45) is 0 Å². The summed E-state index contributed by atoms with van der Waals surface area (Å²) in [4.78, 5) is 17.9. The van der Waals surface area contributed by atoms with Gasteiger partial charge in [-0.15, -0.1) is 0 Å². The Balaban J connectivity index is 1.68. The third-order valence-corrected chi connectivity index (χ3v) is 4.64. The van der Waals surface area contributed by atoms with Crippen molar-refractivity contribution in [2.75, 3.05) is 11.9 Å². The topological polar surface area (TPSA) is 64.9 Å². The summed E-state index contributed by atoms with van der Waals surface area (Å²) in [5.74, 6) is 1.67. The van der Waals surface area contributed by atoms with E-state index in [1.54, 1.807) is 4.40 Å². The number of aryl methyl sites for hydroxylation is 1. The van der Waals surface area contributed by atoms with E-state index in [1.807, 2.05) is 86.8 Å². The second kappa shape index (κ2) is 8.69. The summed E-state index contributed by atoms with van der Waals surface area (Å²) in [6.45, 7) is 4.43. The van der Waals surface area contributed by atoms with E-state index in [9.17, 15) is 4.79 Å². The van der Waals surface area contributed by atoms with Crippen molar-refractivity contribution in [3.63, 3.8) is 0 Å². The highest BCUT2D eigenvalue weighted by molar-refractivity contribution is 6.05. The molecule has 0 unspecified atom stereocenters. The molecule has 0 radical (unpaired) electrons. The van der Waals surface area contributed by atoms with Crippen molar-refractivity contribution in [1.29, 1.82) is 0 Å². The first-order valence-electron chi connectivity index (χ1n) is 9.97. The zero-order valence-electron chi connectivity index (χ0n) is 17.0. The molecule has 0 saturated heterocycles. The number of amides is 1. The fourth-order valence-electron chi connectivity index (χ4n) is 3.30. The number of carbonyl (C=O) groups is 1. The first-order valence-corrected chi connectivity index (χ1v) is 9.97. The maximum atomic E-state index is 13.3. The number of benzene rings is 2. The number of hydrogen-bond acceptors (Lipinski definition) is 4. The van der Waals surface area contributed by atoms with Crippen LogP contribution in [0.3, 0.4) is 0 Å². The number of rotatable bonds is 7. The lowest BCUT2D eigenvalue weighted by Crippen LogP contribution is -2.16. The summed E-state index contributed by atoms with van der Waals surface area (Å²) < 4.78 is 13.4. The highest BCUT2D eigenvalue weighted by Gasteiger charge is 2.21. The molecule has 0 fully saturated rings. The fraction of sp³-hybridized carbons (Fsp3) is 0.167. The van der Waals surface area contributed by atoms with Crippen molar-refractivity contribution in [3.8, 4) is 17.2 Å². The van der Waals surface area contributed by atoms with Gasteiger partial charge in [0.05, 0.1) is 18.0 Å². The van der Waals surface area contributed by atoms with Crippen molar-refractivity contribution in [2.45, 2.75) is 20.3 Å². The minimum atomic E-state index is -0.253. The molecule has 1 N–H and O–H groups in total. The van der Waals surface area contributed by atoms with Crippen LogP contribution in [0.15, 0.2) is 72.9 Å². The number of imidazole rings is 1. The Kier molecular flexibility index (Phi) is 5.66. The van der Waals surface area contributed by atoms with Gasteiger partial charge in [-0.05, 0) is 49.7 Å². The molecule has 6 heteroatoms. The molecule has 4 rings (SSSR count). The number of para-hydroxylation sites is 3. The van der Waals surface area contributed by atoms with Crippen LogP contribution < -0.4 is 14.8 Å². The lowest BCUT2D eigenvalue weighted by Gasteiger charge is -2.13. The summed E-state index contributed by atoms with van der Waals surface area (Å²) >= 11 is 0. The summed E-state index contributed by atoms with van der Waals surface area (Å²) in [7, 11) is 0. The predicted molar refractivity (Wildman–Crippen MR) is 117 cm³/mol. The largest absolute Gasteiger partial charge is 0.490 e. The smallest absolute Gasteiger partial charge is 0.274 e. The predicted octanol–water partition coefficient (Wildman–Crippen LogP) is 5.34. The molecule has 0 atom stereocenters. The second-order valence-corrected chi connectivity index (χ2v) is 6.63. The van der Waals surface area contributed by atoms with Crippen molar-refractivity contribution in [1.82, 2.24) is 9.38 Å². The van der Waals surface area contributed by atoms with E-state index in [-0.39, 0.29) is 5.91 Å². The maximum Gasteiger partial charge on any atom is 0.274 e. The quantitative estimate of drug-likeness (QED) is 0.454. The highest BCUT2D eigenvalue weighted by Crippen LogP contribution is 2.30. The van der Waals surface area contributed by atoms with Gasteiger partial charge < -0.3 is 14.8 Å². The Bertz CT molecular complexity index is 1170. The number of pyridine rings is 1. The lowest BCUT2D eigenvalue weighted by atomic mass is 10.2. The average Bonchev–Trinajstić information content (AvgIpc) is 3.16. The van der Waals surface area contributed by atoms with Crippen molar-refractivity contribution >= 4 is 17.2 Å². The van der Waals surface area contributed by atoms with Gasteiger partial charge >= 0.3 is 0 Å². The van der Waals surface area contributed by atoms with Crippen LogP contribution in [0.1, 0.15) is 30.0 Å². The van der Waals surface area contributed by atoms with Gasteiger partial charge in [0, 0.05) is 6.20 Å². The Labute approximate surface area is 175 Å². The first kappa shape index (κ1) is 19.5. The summed E-state index contributed by atoms with van der Waals surface area (Å²) in [5.41, 5.74) is 2.42. The Morgan fingerprint density at radius 2 is 1.70 bits per heavy atom. The van der Waals surface area contributed by atoms with Crippen LogP contribution in [0.5, 0.6) is 17.2 Å². The summed E-state index contributed by atoms with van der Waals surface area (Å²) in [5, 5.41) is 2.99. The zero-order valence-corrected chi connectivity index (χ0v) is 17.0. The average molecular weight is 401 g/mol. The van der Waals surface area contributed by atoms with Gasteiger partial charge in [-0.1, -0.05) is 37.3 Å². The Morgan fingerprint density at radius 1 is 0.967 bits per heavy atom.